The van der Waals surface area contributed by atoms with Crippen LogP contribution in [0.3, 0.4) is 0 Å². The van der Waals surface area contributed by atoms with Crippen LogP contribution in [0.5, 0.6) is 0 Å². The van der Waals surface area contributed by atoms with Gasteiger partial charge in [0.2, 0.25) is 11.7 Å². The van der Waals surface area contributed by atoms with E-state index in [-0.39, 0.29) is 25.6 Å². The predicted molar refractivity (Wildman–Crippen MR) is 100 cm³/mol. The lowest BCUT2D eigenvalue weighted by molar-refractivity contribution is -0.735. The lowest BCUT2D eigenvalue weighted by Gasteiger charge is -2.03. The fourth-order valence-corrected chi connectivity index (χ4v) is 2.66. The summed E-state index contributed by atoms with van der Waals surface area (Å²) in [5.74, 6) is 0.321. The number of benzene rings is 1. The molecule has 29 heavy (non-hydrogen) atoms. The molecule has 0 spiro atoms. The summed E-state index contributed by atoms with van der Waals surface area (Å²) in [4.78, 5) is 0. The van der Waals surface area contributed by atoms with Crippen LogP contribution in [-0.2, 0) is 6.54 Å². The largest absolute Gasteiger partial charge is 1.00 e. The Hall–Kier alpha value is -3.08. The summed E-state index contributed by atoms with van der Waals surface area (Å²) in [5, 5.41) is 45.3. The number of halogens is 1. The molecule has 11 heteroatoms. The lowest BCUT2D eigenvalue weighted by Crippen LogP contribution is -3.00. The zero-order valence-corrected chi connectivity index (χ0v) is 16.5. The number of pyridine rings is 1. The Morgan fingerprint density at radius 2 is 1.93 bits per heavy atom. The van der Waals surface area contributed by atoms with Crippen LogP contribution in [0.4, 0.5) is 0 Å². The van der Waals surface area contributed by atoms with E-state index in [9.17, 15) is 10.3 Å². The van der Waals surface area contributed by atoms with Gasteiger partial charge in [-0.25, -0.2) is 0 Å². The first-order chi connectivity index (χ1) is 13.6. The third kappa shape index (κ3) is 5.47. The molecule has 0 aliphatic rings. The van der Waals surface area contributed by atoms with Crippen LogP contribution in [-0.4, -0.2) is 43.7 Å². The molecule has 1 atom stereocenters. The summed E-state index contributed by atoms with van der Waals surface area (Å²) in [5.41, 5.74) is 1.83. The van der Waals surface area contributed by atoms with Crippen LogP contribution in [0.25, 0.3) is 11.0 Å². The fraction of sp³-hybridized carbons (Fsp3) is 0.278. The molecule has 10 nitrogen and oxygen atoms in total. The molecule has 3 rings (SSSR count). The van der Waals surface area contributed by atoms with Gasteiger partial charge < -0.3 is 32.4 Å². The summed E-state index contributed by atoms with van der Waals surface area (Å²) < 4.78 is 4.22. The number of fused-ring (bicyclic) bond motifs is 1. The van der Waals surface area contributed by atoms with Gasteiger partial charge in [-0.3, -0.25) is 0 Å². The normalized spacial score (nSPS) is 13.8. The van der Waals surface area contributed by atoms with Crippen molar-refractivity contribution in [1.29, 1.82) is 0 Å². The third-order valence-corrected chi connectivity index (χ3v) is 3.98. The molecule has 2 aromatic heterocycles. The van der Waals surface area contributed by atoms with Crippen LogP contribution in [0.1, 0.15) is 13.2 Å². The molecule has 0 fully saturated rings. The van der Waals surface area contributed by atoms with E-state index in [1.54, 1.807) is 42.0 Å². The van der Waals surface area contributed by atoms with Crippen molar-refractivity contribution >= 4 is 16.9 Å². The number of azo groups is 1. The van der Waals surface area contributed by atoms with Gasteiger partial charge in [0.15, 0.2) is 16.8 Å². The van der Waals surface area contributed by atoms with E-state index < -0.39 is 6.23 Å². The highest BCUT2D eigenvalue weighted by Gasteiger charge is 2.20. The van der Waals surface area contributed by atoms with Gasteiger partial charge in [-0.2, -0.15) is 9.68 Å². The minimum absolute atomic E-state index is 0. The first-order valence-electron chi connectivity index (χ1n) is 8.71. The van der Waals surface area contributed by atoms with Crippen LogP contribution >= 0.6 is 0 Å². The fourth-order valence-electron chi connectivity index (χ4n) is 2.66. The molecule has 0 bridgehead atoms. The van der Waals surface area contributed by atoms with Crippen molar-refractivity contribution in [3.8, 4) is 0 Å². The molecule has 1 unspecified atom stereocenters. The van der Waals surface area contributed by atoms with Crippen LogP contribution < -0.4 is 22.5 Å². The van der Waals surface area contributed by atoms with Crippen LogP contribution in [0, 0.1) is 0 Å². The lowest BCUT2D eigenvalue weighted by atomic mass is 10.3. The summed E-state index contributed by atoms with van der Waals surface area (Å²) in [6.45, 7) is 2.05. The number of aliphatic hydroxyl groups excluding tert-OH is 2. The first-order valence-corrected chi connectivity index (χ1v) is 8.71. The molecular weight excluding hydrogens is 398 g/mol. The SMILES string of the molecule is CC(N=NCC(O)[n+]1cn(O)c2ccccc21)=NN=c1ccccn1CCO.[Cl-]. The van der Waals surface area contributed by atoms with Crippen molar-refractivity contribution in [1.82, 2.24) is 9.30 Å². The van der Waals surface area contributed by atoms with E-state index in [2.05, 4.69) is 20.4 Å². The van der Waals surface area contributed by atoms with Gasteiger partial charge in [0.25, 0.3) is 6.33 Å². The summed E-state index contributed by atoms with van der Waals surface area (Å²) >= 11 is 0. The smallest absolute Gasteiger partial charge is 0.287 e. The van der Waals surface area contributed by atoms with Gasteiger partial charge in [0.05, 0.1) is 6.61 Å². The maximum atomic E-state index is 10.3. The number of para-hydroxylation sites is 2. The third-order valence-electron chi connectivity index (χ3n) is 3.98. The number of aliphatic hydroxyl groups is 2. The second kappa shape index (κ2) is 10.5. The van der Waals surface area contributed by atoms with Crippen molar-refractivity contribution in [3.05, 3.63) is 60.5 Å². The van der Waals surface area contributed by atoms with Crippen molar-refractivity contribution in [2.75, 3.05) is 13.2 Å². The summed E-state index contributed by atoms with van der Waals surface area (Å²) in [7, 11) is 0. The highest BCUT2D eigenvalue weighted by atomic mass is 35.5. The Morgan fingerprint density at radius 1 is 1.17 bits per heavy atom. The quantitative estimate of drug-likeness (QED) is 0.105. The number of imidazole rings is 1. The maximum absolute atomic E-state index is 10.3. The molecule has 0 radical (unpaired) electrons. The topological polar surface area (TPSA) is 124 Å². The molecule has 3 aromatic rings. The van der Waals surface area contributed by atoms with Gasteiger partial charge in [-0.05, 0) is 35.9 Å². The summed E-state index contributed by atoms with van der Waals surface area (Å²) in [6, 6.07) is 12.6. The van der Waals surface area contributed by atoms with E-state index in [4.69, 9.17) is 5.11 Å². The Balaban J connectivity index is 0.00000300. The zero-order chi connectivity index (χ0) is 19.9. The molecule has 1 aromatic carbocycles. The second-order valence-electron chi connectivity index (χ2n) is 5.98. The Kier molecular flexibility index (Phi) is 8.01. The van der Waals surface area contributed by atoms with Gasteiger partial charge in [-0.1, -0.05) is 18.2 Å². The summed E-state index contributed by atoms with van der Waals surface area (Å²) in [6.07, 6.45) is 2.19. The van der Waals surface area contributed by atoms with E-state index in [0.717, 1.165) is 4.73 Å². The predicted octanol–water partition coefficient (Wildman–Crippen LogP) is -2.16. The molecule has 0 saturated carbocycles. The van der Waals surface area contributed by atoms with Gasteiger partial charge in [-0.15, -0.1) is 15.3 Å². The minimum atomic E-state index is -0.993. The van der Waals surface area contributed by atoms with Gasteiger partial charge in [0.1, 0.15) is 6.54 Å². The van der Waals surface area contributed by atoms with Crippen molar-refractivity contribution < 1.29 is 32.4 Å². The number of aromatic nitrogens is 3. The van der Waals surface area contributed by atoms with Crippen molar-refractivity contribution in [3.63, 3.8) is 0 Å². The van der Waals surface area contributed by atoms with E-state index >= 15 is 0 Å². The van der Waals surface area contributed by atoms with E-state index in [0.29, 0.717) is 28.9 Å². The Morgan fingerprint density at radius 3 is 2.72 bits per heavy atom. The Bertz CT molecular complexity index is 1070. The number of hydrogen-bond acceptors (Lipinski definition) is 6. The highest BCUT2D eigenvalue weighted by molar-refractivity contribution is 5.79. The van der Waals surface area contributed by atoms with Crippen LogP contribution in [0.15, 0.2) is 75.4 Å². The highest BCUT2D eigenvalue weighted by Crippen LogP contribution is 2.10. The average Bonchev–Trinajstić information content (AvgIpc) is 3.04. The molecule has 154 valence electrons. The number of amidine groups is 1. The molecule has 2 heterocycles. The first kappa shape index (κ1) is 22.2. The second-order valence-corrected chi connectivity index (χ2v) is 5.98. The maximum Gasteiger partial charge on any atom is 0.287 e. The van der Waals surface area contributed by atoms with Gasteiger partial charge in [0, 0.05) is 12.7 Å². The number of nitrogens with zero attached hydrogens (tertiary/aromatic N) is 7. The molecule has 0 aliphatic carbocycles. The number of hydrogen-bond donors (Lipinski definition) is 3. The van der Waals surface area contributed by atoms with Gasteiger partial charge >= 0.3 is 0 Å². The zero-order valence-electron chi connectivity index (χ0n) is 15.7. The molecule has 3 N–H and O–H groups in total. The van der Waals surface area contributed by atoms with E-state index in [1.165, 1.54) is 10.9 Å². The molecule has 0 saturated heterocycles. The standard InChI is InChI=1S/C18H22N7O3.ClH/c1-14(21-22-17-8-4-5-9-23(17)10-11-26)20-19-12-18(27)24-13-25(28)16-7-3-2-6-15(16)24;/h2-9,13,18,26-28H,10-12H2,1H3;1H/q+1;/p-1. The van der Waals surface area contributed by atoms with Crippen molar-refractivity contribution in [2.45, 2.75) is 19.7 Å². The molecular formula is C18H22ClN7O3. The van der Waals surface area contributed by atoms with E-state index in [1.807, 2.05) is 18.2 Å². The number of rotatable bonds is 6. The average molecular weight is 420 g/mol. The van der Waals surface area contributed by atoms with Crippen LogP contribution in [0.2, 0.25) is 0 Å². The Labute approximate surface area is 172 Å². The van der Waals surface area contributed by atoms with Crippen molar-refractivity contribution in [2.24, 2.45) is 20.4 Å². The molecule has 0 amide bonds. The monoisotopic (exact) mass is 419 g/mol. The minimum Gasteiger partial charge on any atom is -1.00 e. The molecule has 0 aliphatic heterocycles.